The number of halogens is 4. The molecule has 0 amide bonds. The maximum atomic E-state index is 13.8. The van der Waals surface area contributed by atoms with Gasteiger partial charge in [-0.15, -0.1) is 0 Å². The van der Waals surface area contributed by atoms with Crippen molar-refractivity contribution < 1.29 is 27.2 Å². The number of benzene rings is 2. The molecule has 0 saturated heterocycles. The van der Waals surface area contributed by atoms with E-state index in [0.717, 1.165) is 35.4 Å². The van der Waals surface area contributed by atoms with Gasteiger partial charge in [0.05, 0.1) is 5.69 Å². The summed E-state index contributed by atoms with van der Waals surface area (Å²) in [5.74, 6) is -1.87. The molecule has 0 aliphatic rings. The predicted octanol–water partition coefficient (Wildman–Crippen LogP) is 4.65. The van der Waals surface area contributed by atoms with Crippen LogP contribution < -0.4 is 5.73 Å². The van der Waals surface area contributed by atoms with Crippen LogP contribution in [0.2, 0.25) is 0 Å². The molecule has 7 nitrogen and oxygen atoms in total. The molecule has 4 rings (SSSR count). The number of carbonyl (C=O) groups excluding carboxylic acids is 1. The summed E-state index contributed by atoms with van der Waals surface area (Å²) >= 11 is 0. The van der Waals surface area contributed by atoms with E-state index in [2.05, 4.69) is 15.2 Å². The van der Waals surface area contributed by atoms with E-state index in [-0.39, 0.29) is 22.7 Å². The fourth-order valence-corrected chi connectivity index (χ4v) is 3.14. The lowest BCUT2D eigenvalue weighted by molar-refractivity contribution is -0.142. The number of alkyl halides is 3. The number of fused-ring (bicyclic) bond motifs is 1. The lowest BCUT2D eigenvalue weighted by Crippen LogP contribution is -2.16. The molecule has 0 fully saturated rings. The Hall–Kier alpha value is -4.28. The van der Waals surface area contributed by atoms with Crippen LogP contribution in [0, 0.1) is 19.7 Å². The molecule has 0 aliphatic heterocycles. The number of oxime groups is 1. The fourth-order valence-electron chi connectivity index (χ4n) is 3.14. The van der Waals surface area contributed by atoms with E-state index in [1.54, 1.807) is 18.2 Å². The van der Waals surface area contributed by atoms with E-state index in [1.807, 2.05) is 13.8 Å². The highest BCUT2D eigenvalue weighted by Gasteiger charge is 2.36. The van der Waals surface area contributed by atoms with Gasteiger partial charge in [-0.2, -0.15) is 18.3 Å². The standard InChI is InChI=1S/C23H17F4N5O2/c1-12-3-4-15(9-13(12)2)17-10-19(23(25,26)27)32-20(29-17)11-18(30-32)22(33)34-31-21(28)14-5-7-16(24)8-6-14/h3-11H,1-2H3,(H2,28,31). The summed E-state index contributed by atoms with van der Waals surface area (Å²) in [6.07, 6.45) is -4.77. The minimum absolute atomic E-state index is 0.0707. The number of carbonyl (C=O) groups is 1. The van der Waals surface area contributed by atoms with E-state index >= 15 is 0 Å². The van der Waals surface area contributed by atoms with Crippen molar-refractivity contribution in [1.82, 2.24) is 14.6 Å². The zero-order valence-electron chi connectivity index (χ0n) is 17.9. The molecule has 0 aliphatic carbocycles. The first-order valence-corrected chi connectivity index (χ1v) is 9.89. The van der Waals surface area contributed by atoms with Crippen molar-refractivity contribution in [3.63, 3.8) is 0 Å². The smallest absolute Gasteiger partial charge is 0.380 e. The molecule has 34 heavy (non-hydrogen) atoms. The third-order valence-electron chi connectivity index (χ3n) is 5.10. The van der Waals surface area contributed by atoms with E-state index in [0.29, 0.717) is 10.1 Å². The van der Waals surface area contributed by atoms with E-state index in [9.17, 15) is 22.4 Å². The fraction of sp³-hybridized carbons (Fsp3) is 0.130. The highest BCUT2D eigenvalue weighted by Crippen LogP contribution is 2.32. The molecule has 2 aromatic heterocycles. The maximum Gasteiger partial charge on any atom is 0.433 e. The zero-order valence-corrected chi connectivity index (χ0v) is 17.9. The molecule has 0 saturated carbocycles. The first kappa shape index (κ1) is 22.9. The van der Waals surface area contributed by atoms with Crippen molar-refractivity contribution in [2.75, 3.05) is 0 Å². The summed E-state index contributed by atoms with van der Waals surface area (Å²) in [5.41, 5.74) is 6.64. The van der Waals surface area contributed by atoms with Crippen LogP contribution in [0.3, 0.4) is 0 Å². The Morgan fingerprint density at radius 3 is 2.38 bits per heavy atom. The van der Waals surface area contributed by atoms with Crippen LogP contribution in [0.5, 0.6) is 0 Å². The van der Waals surface area contributed by atoms with Gasteiger partial charge in [0.2, 0.25) is 0 Å². The molecule has 11 heteroatoms. The first-order valence-electron chi connectivity index (χ1n) is 9.89. The molecular formula is C23H17F4N5O2. The normalized spacial score (nSPS) is 12.2. The van der Waals surface area contributed by atoms with Gasteiger partial charge in [-0.3, -0.25) is 0 Å². The molecule has 0 bridgehead atoms. The van der Waals surface area contributed by atoms with Crippen LogP contribution >= 0.6 is 0 Å². The van der Waals surface area contributed by atoms with Gasteiger partial charge in [-0.05, 0) is 61.4 Å². The molecule has 174 valence electrons. The molecule has 2 aromatic carbocycles. The van der Waals surface area contributed by atoms with Gasteiger partial charge in [-0.25, -0.2) is 18.7 Å². The SMILES string of the molecule is Cc1ccc(-c2cc(C(F)(F)F)n3nc(C(=O)O/N=C(\N)c4ccc(F)cc4)cc3n2)cc1C. The third kappa shape index (κ3) is 4.58. The molecule has 0 unspecified atom stereocenters. The van der Waals surface area contributed by atoms with E-state index in [4.69, 9.17) is 10.6 Å². The Kier molecular flexibility index (Phi) is 5.78. The van der Waals surface area contributed by atoms with Crippen LogP contribution in [-0.4, -0.2) is 26.4 Å². The monoisotopic (exact) mass is 471 g/mol. The lowest BCUT2D eigenvalue weighted by atomic mass is 10.0. The third-order valence-corrected chi connectivity index (χ3v) is 5.10. The van der Waals surface area contributed by atoms with Crippen LogP contribution in [0.15, 0.2) is 59.8 Å². The second-order valence-electron chi connectivity index (χ2n) is 7.49. The summed E-state index contributed by atoms with van der Waals surface area (Å²) in [6, 6.07) is 12.0. The Bertz CT molecular complexity index is 1430. The summed E-state index contributed by atoms with van der Waals surface area (Å²) in [7, 11) is 0. The number of nitrogens with two attached hydrogens (primary N) is 1. The van der Waals surface area contributed by atoms with Gasteiger partial charge < -0.3 is 10.6 Å². The maximum absolute atomic E-state index is 13.8. The number of amidine groups is 1. The molecule has 2 N–H and O–H groups in total. The lowest BCUT2D eigenvalue weighted by Gasteiger charge is -2.11. The van der Waals surface area contributed by atoms with Gasteiger partial charge in [-0.1, -0.05) is 17.3 Å². The zero-order chi connectivity index (χ0) is 24.6. The van der Waals surface area contributed by atoms with E-state index in [1.165, 1.54) is 12.1 Å². The van der Waals surface area contributed by atoms with E-state index < -0.39 is 29.4 Å². The number of hydrogen-bond donors (Lipinski definition) is 1. The summed E-state index contributed by atoms with van der Waals surface area (Å²) in [4.78, 5) is 21.3. The van der Waals surface area contributed by atoms with Crippen molar-refractivity contribution in [3.05, 3.63) is 88.5 Å². The van der Waals surface area contributed by atoms with Crippen LogP contribution in [0.25, 0.3) is 16.9 Å². The Morgan fingerprint density at radius 2 is 1.74 bits per heavy atom. The summed E-state index contributed by atoms with van der Waals surface area (Å²) in [5, 5.41) is 7.16. The van der Waals surface area contributed by atoms with Gasteiger partial charge in [0.25, 0.3) is 0 Å². The Morgan fingerprint density at radius 1 is 1.03 bits per heavy atom. The molecule has 4 aromatic rings. The first-order chi connectivity index (χ1) is 16.0. The summed E-state index contributed by atoms with van der Waals surface area (Å²) in [6.45, 7) is 3.73. The highest BCUT2D eigenvalue weighted by atomic mass is 19.4. The quantitative estimate of drug-likeness (QED) is 0.154. The Balaban J connectivity index is 1.70. The van der Waals surface area contributed by atoms with Gasteiger partial charge >= 0.3 is 12.1 Å². The number of hydrogen-bond acceptors (Lipinski definition) is 5. The van der Waals surface area contributed by atoms with Gasteiger partial charge in [0, 0.05) is 17.2 Å². The highest BCUT2D eigenvalue weighted by molar-refractivity contribution is 5.98. The predicted molar refractivity (Wildman–Crippen MR) is 115 cm³/mol. The number of rotatable bonds is 4. The topological polar surface area (TPSA) is 94.9 Å². The molecular weight excluding hydrogens is 454 g/mol. The number of aryl methyl sites for hydroxylation is 2. The van der Waals surface area contributed by atoms with Crippen molar-refractivity contribution in [3.8, 4) is 11.3 Å². The average molecular weight is 471 g/mol. The largest absolute Gasteiger partial charge is 0.433 e. The second kappa shape index (κ2) is 8.58. The van der Waals surface area contributed by atoms with Crippen LogP contribution in [0.4, 0.5) is 17.6 Å². The van der Waals surface area contributed by atoms with Crippen molar-refractivity contribution in [2.45, 2.75) is 20.0 Å². The molecule has 0 atom stereocenters. The van der Waals surface area contributed by atoms with Crippen LogP contribution in [0.1, 0.15) is 32.9 Å². The second-order valence-corrected chi connectivity index (χ2v) is 7.49. The Labute approximate surface area is 190 Å². The number of aromatic nitrogens is 3. The van der Waals surface area contributed by atoms with Crippen LogP contribution in [-0.2, 0) is 11.0 Å². The minimum Gasteiger partial charge on any atom is -0.380 e. The summed E-state index contributed by atoms with van der Waals surface area (Å²) < 4.78 is 54.8. The van der Waals surface area contributed by atoms with Gasteiger partial charge in [0.1, 0.15) is 5.82 Å². The minimum atomic E-state index is -4.77. The molecule has 0 spiro atoms. The van der Waals surface area contributed by atoms with Crippen molar-refractivity contribution in [2.24, 2.45) is 10.9 Å². The van der Waals surface area contributed by atoms with Crippen molar-refractivity contribution in [1.29, 1.82) is 0 Å². The van der Waals surface area contributed by atoms with Gasteiger partial charge in [0.15, 0.2) is 22.9 Å². The number of nitrogens with zero attached hydrogens (tertiary/aromatic N) is 4. The molecule has 2 heterocycles. The van der Waals surface area contributed by atoms with Crippen molar-refractivity contribution >= 4 is 17.5 Å². The molecule has 0 radical (unpaired) electrons. The average Bonchev–Trinajstić information content (AvgIpc) is 3.22.